The average molecular weight is 265 g/mol. The number of nitrogens with zero attached hydrogens (tertiary/aromatic N) is 1. The van der Waals surface area contributed by atoms with Crippen molar-refractivity contribution in [2.24, 2.45) is 5.18 Å². The molecule has 76 valence electrons. The van der Waals surface area contributed by atoms with Crippen molar-refractivity contribution < 1.29 is 20.0 Å². The SMILES string of the molecule is O=Nc1cc(F)ccc1O[As](=O)(O)O. The molecule has 0 aliphatic heterocycles. The van der Waals surface area contributed by atoms with Crippen LogP contribution in [0.2, 0.25) is 0 Å². The summed E-state index contributed by atoms with van der Waals surface area (Å²) >= 11 is -5.36. The van der Waals surface area contributed by atoms with Crippen LogP contribution in [0.3, 0.4) is 0 Å². The van der Waals surface area contributed by atoms with E-state index >= 15 is 0 Å². The monoisotopic (exact) mass is 265 g/mol. The van der Waals surface area contributed by atoms with E-state index in [1.807, 2.05) is 0 Å². The summed E-state index contributed by atoms with van der Waals surface area (Å²) in [5, 5.41) is 2.37. The van der Waals surface area contributed by atoms with Gasteiger partial charge in [-0.2, -0.15) is 0 Å². The maximum atomic E-state index is 12.5. The second kappa shape index (κ2) is 3.91. The van der Waals surface area contributed by atoms with Gasteiger partial charge in [-0.1, -0.05) is 0 Å². The Bertz CT molecular complexity index is 403. The topological polar surface area (TPSA) is 96.2 Å². The Kier molecular flexibility index (Phi) is 3.05. The van der Waals surface area contributed by atoms with Gasteiger partial charge in [-0.05, 0) is 0 Å². The van der Waals surface area contributed by atoms with Crippen molar-refractivity contribution in [2.75, 3.05) is 0 Å². The van der Waals surface area contributed by atoms with Crippen LogP contribution in [0.4, 0.5) is 10.1 Å². The molecule has 1 aromatic rings. The Morgan fingerprint density at radius 3 is 2.57 bits per heavy atom. The molecule has 0 fully saturated rings. The molecular formula is C6H5AsFNO5. The zero-order chi connectivity index (χ0) is 10.8. The van der Waals surface area contributed by atoms with Gasteiger partial charge in [0.25, 0.3) is 0 Å². The molecule has 6 nitrogen and oxygen atoms in total. The number of rotatable bonds is 3. The molecule has 0 aliphatic carbocycles. The molecule has 0 unspecified atom stereocenters. The fourth-order valence-corrected chi connectivity index (χ4v) is 1.63. The second-order valence-electron chi connectivity index (χ2n) is 2.29. The number of hydrogen-bond donors (Lipinski definition) is 2. The van der Waals surface area contributed by atoms with E-state index in [4.69, 9.17) is 8.19 Å². The maximum absolute atomic E-state index is 12.5. The summed E-state index contributed by atoms with van der Waals surface area (Å²) in [5.74, 6) is -1.18. The van der Waals surface area contributed by atoms with E-state index in [0.717, 1.165) is 12.1 Å². The average Bonchev–Trinajstić information content (AvgIpc) is 2.06. The Morgan fingerprint density at radius 1 is 1.43 bits per heavy atom. The van der Waals surface area contributed by atoms with Gasteiger partial charge in [0.1, 0.15) is 0 Å². The molecule has 0 saturated heterocycles. The van der Waals surface area contributed by atoms with Gasteiger partial charge in [0.05, 0.1) is 0 Å². The molecule has 0 aromatic heterocycles. The van der Waals surface area contributed by atoms with Crippen molar-refractivity contribution in [1.29, 1.82) is 0 Å². The molecule has 1 aromatic carbocycles. The van der Waals surface area contributed by atoms with Gasteiger partial charge in [0.15, 0.2) is 0 Å². The first-order valence-corrected chi connectivity index (χ1v) is 6.51. The first-order valence-electron chi connectivity index (χ1n) is 3.30. The molecule has 14 heavy (non-hydrogen) atoms. The predicted octanol–water partition coefficient (Wildman–Crippen LogP) is 0.453. The molecule has 0 aliphatic rings. The molecule has 1 rings (SSSR count). The van der Waals surface area contributed by atoms with Crippen molar-refractivity contribution in [3.8, 4) is 5.75 Å². The van der Waals surface area contributed by atoms with Crippen LogP contribution in [0.5, 0.6) is 5.75 Å². The fraction of sp³-hybridized carbons (Fsp3) is 0. The number of hydrogen-bond acceptors (Lipinski definition) is 4. The molecule has 0 amide bonds. The van der Waals surface area contributed by atoms with Crippen LogP contribution in [0.25, 0.3) is 0 Å². The summed E-state index contributed by atoms with van der Waals surface area (Å²) in [6, 6.07) is 2.54. The Labute approximate surface area is 80.6 Å². The van der Waals surface area contributed by atoms with Crippen LogP contribution in [0, 0.1) is 10.7 Å². The number of nitroso groups, excluding NO2 is 1. The number of benzene rings is 1. The van der Waals surface area contributed by atoms with Crippen LogP contribution in [0.1, 0.15) is 0 Å². The van der Waals surface area contributed by atoms with Crippen molar-refractivity contribution in [2.45, 2.75) is 0 Å². The van der Waals surface area contributed by atoms with E-state index in [0.29, 0.717) is 6.07 Å². The molecule has 0 saturated carbocycles. The normalized spacial score (nSPS) is 11.1. The van der Waals surface area contributed by atoms with Crippen molar-refractivity contribution in [3.63, 3.8) is 0 Å². The minimum atomic E-state index is -5.36. The van der Waals surface area contributed by atoms with E-state index in [1.54, 1.807) is 0 Å². The van der Waals surface area contributed by atoms with Gasteiger partial charge >= 0.3 is 80.1 Å². The molecule has 0 radical (unpaired) electrons. The quantitative estimate of drug-likeness (QED) is 0.611. The van der Waals surface area contributed by atoms with E-state index < -0.39 is 31.8 Å². The zero-order valence-corrected chi connectivity index (χ0v) is 8.50. The Hall–Kier alpha value is -1.17. The van der Waals surface area contributed by atoms with Crippen molar-refractivity contribution >= 4 is 20.2 Å². The molecule has 0 spiro atoms. The Morgan fingerprint density at radius 2 is 2.07 bits per heavy atom. The summed E-state index contributed by atoms with van der Waals surface area (Å²) in [4.78, 5) is 10.1. The summed E-state index contributed by atoms with van der Waals surface area (Å²) in [6.45, 7) is 0. The predicted molar refractivity (Wildman–Crippen MR) is 43.4 cm³/mol. The molecule has 2 N–H and O–H groups in total. The van der Waals surface area contributed by atoms with Crippen LogP contribution in [0.15, 0.2) is 23.4 Å². The first kappa shape index (κ1) is 10.9. The van der Waals surface area contributed by atoms with Crippen LogP contribution >= 0.6 is 0 Å². The van der Waals surface area contributed by atoms with Crippen molar-refractivity contribution in [1.82, 2.24) is 0 Å². The summed E-state index contributed by atoms with van der Waals surface area (Å²) in [7, 11) is 0. The molecule has 0 bridgehead atoms. The van der Waals surface area contributed by atoms with Gasteiger partial charge in [-0.15, -0.1) is 0 Å². The van der Waals surface area contributed by atoms with Crippen LogP contribution in [-0.2, 0) is 3.74 Å². The summed E-state index contributed by atoms with van der Waals surface area (Å²) < 4.78 is 44.1. The second-order valence-corrected chi connectivity index (χ2v) is 4.73. The van der Waals surface area contributed by atoms with Gasteiger partial charge < -0.3 is 0 Å². The van der Waals surface area contributed by atoms with Gasteiger partial charge in [0, 0.05) is 0 Å². The van der Waals surface area contributed by atoms with E-state index in [-0.39, 0.29) is 0 Å². The third-order valence-electron chi connectivity index (χ3n) is 1.24. The molecule has 0 heterocycles. The van der Waals surface area contributed by atoms with Crippen LogP contribution in [-0.4, -0.2) is 22.7 Å². The molecule has 0 atom stereocenters. The van der Waals surface area contributed by atoms with Gasteiger partial charge in [0.2, 0.25) is 0 Å². The fourth-order valence-electron chi connectivity index (χ4n) is 0.767. The third kappa shape index (κ3) is 2.95. The van der Waals surface area contributed by atoms with Crippen LogP contribution < -0.4 is 3.73 Å². The van der Waals surface area contributed by atoms with E-state index in [1.165, 1.54) is 0 Å². The zero-order valence-electron chi connectivity index (χ0n) is 6.62. The molecular weight excluding hydrogens is 260 g/mol. The van der Waals surface area contributed by atoms with Gasteiger partial charge in [-0.25, -0.2) is 0 Å². The van der Waals surface area contributed by atoms with E-state index in [9.17, 15) is 13.0 Å². The summed E-state index contributed by atoms with van der Waals surface area (Å²) in [6.07, 6.45) is 0. The van der Waals surface area contributed by atoms with Crippen molar-refractivity contribution in [3.05, 3.63) is 28.9 Å². The first-order chi connectivity index (χ1) is 6.42. The van der Waals surface area contributed by atoms with E-state index in [2.05, 4.69) is 8.90 Å². The molecule has 8 heteroatoms. The summed E-state index contributed by atoms with van der Waals surface area (Å²) in [5.41, 5.74) is -0.491. The number of halogens is 1. The standard InChI is InChI=1S/C6H5AsFNO5/c8-4-1-2-6(5(3-4)9-13)14-7(10,11)12/h1-3H,(H2,10,11,12). The van der Waals surface area contributed by atoms with Gasteiger partial charge in [-0.3, -0.25) is 0 Å². The third-order valence-corrected chi connectivity index (χ3v) is 2.15. The Balaban J connectivity index is 3.09. The minimum absolute atomic E-state index is 0.436.